The number of amides is 1. The van der Waals surface area contributed by atoms with Crippen molar-refractivity contribution in [2.75, 3.05) is 11.9 Å². The van der Waals surface area contributed by atoms with E-state index >= 15 is 0 Å². The van der Waals surface area contributed by atoms with Crippen LogP contribution in [0.2, 0.25) is 10.0 Å². The number of rotatable bonds is 5. The standard InChI is InChI=1S/C17H12Cl2N2O2.C3H6O2/c18-11-7-12(19)17-10(9-20-14(17)8-11)5-6-16(23)21-13-3-1-2-4-15(13)22;1-2-5-3-4/h1-9,20,22H,(H,21,23);3H,2H2,1H3. The zero-order valence-electron chi connectivity index (χ0n) is 14.9. The predicted octanol–water partition coefficient (Wildman–Crippen LogP) is 5.01. The van der Waals surface area contributed by atoms with Crippen molar-refractivity contribution in [3.8, 4) is 5.75 Å². The Bertz CT molecular complexity index is 999. The number of H-pyrrole nitrogens is 1. The topological polar surface area (TPSA) is 91.4 Å². The normalized spacial score (nSPS) is 10.4. The lowest BCUT2D eigenvalue weighted by Crippen LogP contribution is -2.07. The third-order valence-corrected chi connectivity index (χ3v) is 4.05. The quantitative estimate of drug-likeness (QED) is 0.307. The van der Waals surface area contributed by atoms with E-state index in [-0.39, 0.29) is 11.7 Å². The van der Waals surface area contributed by atoms with Crippen LogP contribution in [0.1, 0.15) is 12.5 Å². The van der Waals surface area contributed by atoms with Crippen molar-refractivity contribution in [2.24, 2.45) is 0 Å². The van der Waals surface area contributed by atoms with Crippen LogP contribution in [0, 0.1) is 0 Å². The number of carbonyl (C=O) groups excluding carboxylic acids is 2. The number of phenolic OH excluding ortho intramolecular Hbond substituents is 1. The Morgan fingerprint density at radius 3 is 2.68 bits per heavy atom. The molecule has 0 unspecified atom stereocenters. The van der Waals surface area contributed by atoms with Gasteiger partial charge < -0.3 is 20.1 Å². The van der Waals surface area contributed by atoms with E-state index in [0.29, 0.717) is 28.8 Å². The van der Waals surface area contributed by atoms with Crippen molar-refractivity contribution in [3.05, 3.63) is 64.3 Å². The number of fused-ring (bicyclic) bond motifs is 1. The van der Waals surface area contributed by atoms with Crippen LogP contribution in [0.5, 0.6) is 5.75 Å². The Morgan fingerprint density at radius 2 is 2.04 bits per heavy atom. The molecule has 146 valence electrons. The fourth-order valence-corrected chi connectivity index (χ4v) is 2.93. The number of ether oxygens (including phenoxy) is 1. The molecule has 1 amide bonds. The molecule has 0 spiro atoms. The van der Waals surface area contributed by atoms with Gasteiger partial charge in [0.25, 0.3) is 6.47 Å². The molecule has 0 bridgehead atoms. The van der Waals surface area contributed by atoms with E-state index in [4.69, 9.17) is 23.2 Å². The van der Waals surface area contributed by atoms with Crippen molar-refractivity contribution in [1.82, 2.24) is 4.98 Å². The van der Waals surface area contributed by atoms with E-state index in [1.54, 1.807) is 49.5 Å². The van der Waals surface area contributed by atoms with Crippen LogP contribution >= 0.6 is 23.2 Å². The number of phenols is 1. The molecule has 3 aromatic rings. The molecule has 6 nitrogen and oxygen atoms in total. The van der Waals surface area contributed by atoms with Gasteiger partial charge in [0.05, 0.1) is 17.3 Å². The summed E-state index contributed by atoms with van der Waals surface area (Å²) in [6.07, 6.45) is 4.77. The number of aromatic hydroxyl groups is 1. The SMILES string of the molecule is CCOC=O.O=C(C=Cc1c[nH]c2cc(Cl)cc(Cl)c12)Nc1ccccc1O. The first-order valence-corrected chi connectivity index (χ1v) is 9.00. The summed E-state index contributed by atoms with van der Waals surface area (Å²) in [4.78, 5) is 24.2. The maximum atomic E-state index is 12.0. The summed E-state index contributed by atoms with van der Waals surface area (Å²) in [6, 6.07) is 9.94. The highest BCUT2D eigenvalue weighted by Gasteiger charge is 2.08. The zero-order chi connectivity index (χ0) is 20.5. The summed E-state index contributed by atoms with van der Waals surface area (Å²) in [6.45, 7) is 2.66. The molecule has 0 fully saturated rings. The number of carbonyl (C=O) groups is 2. The van der Waals surface area contributed by atoms with E-state index in [1.165, 1.54) is 12.1 Å². The highest BCUT2D eigenvalue weighted by Crippen LogP contribution is 2.31. The lowest BCUT2D eigenvalue weighted by Gasteiger charge is -2.03. The highest BCUT2D eigenvalue weighted by atomic mass is 35.5. The molecule has 3 rings (SSSR count). The molecule has 0 aliphatic carbocycles. The maximum Gasteiger partial charge on any atom is 0.293 e. The van der Waals surface area contributed by atoms with Crippen LogP contribution in [0.15, 0.2) is 48.7 Å². The van der Waals surface area contributed by atoms with E-state index in [1.807, 2.05) is 0 Å². The second kappa shape index (κ2) is 10.4. The number of nitrogens with one attached hydrogen (secondary N) is 2. The van der Waals surface area contributed by atoms with Crippen molar-refractivity contribution in [1.29, 1.82) is 0 Å². The molecule has 28 heavy (non-hydrogen) atoms. The van der Waals surface area contributed by atoms with Gasteiger partial charge in [0.2, 0.25) is 5.91 Å². The fraction of sp³-hybridized carbons (Fsp3) is 0.100. The molecule has 0 aliphatic rings. The van der Waals surface area contributed by atoms with E-state index in [0.717, 1.165) is 16.5 Å². The van der Waals surface area contributed by atoms with Crippen molar-refractivity contribution >= 4 is 58.2 Å². The van der Waals surface area contributed by atoms with Gasteiger partial charge in [0.1, 0.15) is 5.75 Å². The average Bonchev–Trinajstić information content (AvgIpc) is 3.06. The van der Waals surface area contributed by atoms with E-state index in [2.05, 4.69) is 15.0 Å². The molecular formula is C20H18Cl2N2O4. The van der Waals surface area contributed by atoms with Gasteiger partial charge in [-0.2, -0.15) is 0 Å². The van der Waals surface area contributed by atoms with Gasteiger partial charge in [-0.05, 0) is 37.3 Å². The summed E-state index contributed by atoms with van der Waals surface area (Å²) < 4.78 is 4.15. The van der Waals surface area contributed by atoms with Gasteiger partial charge in [-0.15, -0.1) is 0 Å². The molecular weight excluding hydrogens is 403 g/mol. The van der Waals surface area contributed by atoms with E-state index in [9.17, 15) is 14.7 Å². The molecule has 0 saturated carbocycles. The molecule has 1 aromatic heterocycles. The molecule has 0 atom stereocenters. The van der Waals surface area contributed by atoms with Crippen molar-refractivity contribution < 1.29 is 19.4 Å². The molecule has 8 heteroatoms. The van der Waals surface area contributed by atoms with Crippen LogP contribution in [-0.4, -0.2) is 29.1 Å². The van der Waals surface area contributed by atoms with Crippen LogP contribution in [0.3, 0.4) is 0 Å². The second-order valence-corrected chi connectivity index (χ2v) is 6.29. The first-order chi connectivity index (χ1) is 13.5. The van der Waals surface area contributed by atoms with Crippen molar-refractivity contribution in [3.63, 3.8) is 0 Å². The zero-order valence-corrected chi connectivity index (χ0v) is 16.4. The number of halogens is 2. The molecule has 3 N–H and O–H groups in total. The predicted molar refractivity (Wildman–Crippen MR) is 112 cm³/mol. The first-order valence-electron chi connectivity index (χ1n) is 8.24. The van der Waals surface area contributed by atoms with Gasteiger partial charge in [-0.25, -0.2) is 0 Å². The van der Waals surface area contributed by atoms with Crippen LogP contribution in [0.25, 0.3) is 17.0 Å². The van der Waals surface area contributed by atoms with Gasteiger partial charge in [0.15, 0.2) is 0 Å². The third-order valence-electron chi connectivity index (χ3n) is 3.54. The minimum Gasteiger partial charge on any atom is -0.506 e. The molecule has 1 heterocycles. The number of aromatic nitrogens is 1. The minimum absolute atomic E-state index is 0.0130. The summed E-state index contributed by atoms with van der Waals surface area (Å²) in [7, 11) is 0. The second-order valence-electron chi connectivity index (χ2n) is 5.45. The fourth-order valence-electron chi connectivity index (χ4n) is 2.33. The molecule has 0 radical (unpaired) electrons. The summed E-state index contributed by atoms with van der Waals surface area (Å²) in [5.41, 5.74) is 1.92. The summed E-state index contributed by atoms with van der Waals surface area (Å²) >= 11 is 12.2. The highest BCUT2D eigenvalue weighted by molar-refractivity contribution is 6.39. The minimum atomic E-state index is -0.356. The summed E-state index contributed by atoms with van der Waals surface area (Å²) in [5, 5.41) is 14.1. The van der Waals surface area contributed by atoms with Gasteiger partial charge in [-0.1, -0.05) is 35.3 Å². The Morgan fingerprint density at radius 1 is 1.29 bits per heavy atom. The van der Waals surface area contributed by atoms with E-state index < -0.39 is 0 Å². The van der Waals surface area contributed by atoms with Gasteiger partial charge >= 0.3 is 0 Å². The lowest BCUT2D eigenvalue weighted by molar-refractivity contribution is -0.128. The molecule has 0 aliphatic heterocycles. The first kappa shape index (κ1) is 21.3. The number of anilines is 1. The Kier molecular flexibility index (Phi) is 7.92. The largest absolute Gasteiger partial charge is 0.506 e. The Labute approximate surface area is 171 Å². The van der Waals surface area contributed by atoms with Gasteiger partial charge in [0, 0.05) is 33.8 Å². The number of benzene rings is 2. The van der Waals surface area contributed by atoms with Crippen LogP contribution in [-0.2, 0) is 14.3 Å². The lowest BCUT2D eigenvalue weighted by atomic mass is 10.1. The Hall–Kier alpha value is -2.96. The number of hydrogen-bond donors (Lipinski definition) is 3. The van der Waals surface area contributed by atoms with Crippen molar-refractivity contribution in [2.45, 2.75) is 6.92 Å². The van der Waals surface area contributed by atoms with Crippen LogP contribution in [0.4, 0.5) is 5.69 Å². The Balaban J connectivity index is 0.000000500. The molecule has 0 saturated heterocycles. The monoisotopic (exact) mass is 420 g/mol. The number of hydrogen-bond acceptors (Lipinski definition) is 4. The summed E-state index contributed by atoms with van der Waals surface area (Å²) in [5.74, 6) is -0.343. The maximum absolute atomic E-state index is 12.0. The number of aromatic amines is 1. The van der Waals surface area contributed by atoms with Crippen LogP contribution < -0.4 is 5.32 Å². The number of para-hydroxylation sites is 2. The smallest absolute Gasteiger partial charge is 0.293 e. The van der Waals surface area contributed by atoms with Gasteiger partial charge in [-0.3, -0.25) is 9.59 Å². The third kappa shape index (κ3) is 5.77. The molecule has 2 aromatic carbocycles. The average molecular weight is 421 g/mol.